The van der Waals surface area contributed by atoms with Gasteiger partial charge in [0.1, 0.15) is 5.69 Å². The molecule has 1 unspecified atom stereocenters. The number of aromatic nitrogens is 3. The van der Waals surface area contributed by atoms with E-state index < -0.39 is 0 Å². The molecule has 2 aromatic rings. The lowest BCUT2D eigenvalue weighted by Gasteiger charge is -2.08. The largest absolute Gasteiger partial charge is 0.323 e. The molecule has 0 saturated carbocycles. The molecule has 1 aromatic heterocycles. The summed E-state index contributed by atoms with van der Waals surface area (Å²) in [7, 11) is 0. The maximum atomic E-state index is 8.95. The molecule has 2 N–H and O–H groups in total. The third-order valence-corrected chi connectivity index (χ3v) is 2.93. The van der Waals surface area contributed by atoms with Crippen molar-refractivity contribution in [3.63, 3.8) is 0 Å². The fourth-order valence-corrected chi connectivity index (χ4v) is 1.90. The summed E-state index contributed by atoms with van der Waals surface area (Å²) in [5.74, 6) is 0. The Morgan fingerprint density at radius 2 is 2.11 bits per heavy atom. The molecule has 0 spiro atoms. The Bertz CT molecular complexity index is 619. The van der Waals surface area contributed by atoms with Crippen LogP contribution in [-0.4, -0.2) is 15.0 Å². The second-order valence-corrected chi connectivity index (χ2v) is 4.37. The van der Waals surface area contributed by atoms with Gasteiger partial charge in [0, 0.05) is 6.04 Å². The van der Waals surface area contributed by atoms with E-state index in [1.165, 1.54) is 0 Å². The first kappa shape index (κ1) is 12.3. The zero-order valence-corrected chi connectivity index (χ0v) is 10.7. The number of aryl methyl sites for hydroxylation is 1. The van der Waals surface area contributed by atoms with Gasteiger partial charge in [-0.05, 0) is 38.5 Å². The van der Waals surface area contributed by atoms with Gasteiger partial charge >= 0.3 is 0 Å². The lowest BCUT2D eigenvalue weighted by Crippen LogP contribution is -2.08. The molecule has 92 valence electrons. The van der Waals surface area contributed by atoms with Crippen molar-refractivity contribution in [1.29, 1.82) is 5.26 Å². The summed E-state index contributed by atoms with van der Waals surface area (Å²) >= 11 is 0. The van der Waals surface area contributed by atoms with Crippen LogP contribution in [-0.2, 0) is 0 Å². The van der Waals surface area contributed by atoms with Gasteiger partial charge in [-0.15, -0.1) is 5.10 Å². The van der Waals surface area contributed by atoms with Crippen LogP contribution in [0.3, 0.4) is 0 Å². The lowest BCUT2D eigenvalue weighted by molar-refractivity contribution is 0.755. The van der Waals surface area contributed by atoms with Crippen LogP contribution in [0.15, 0.2) is 18.2 Å². The molecule has 0 bridgehead atoms. The molecule has 1 aromatic carbocycles. The third kappa shape index (κ3) is 1.98. The molecule has 18 heavy (non-hydrogen) atoms. The molecule has 0 aliphatic heterocycles. The standard InChI is InChI=1S/C13H15N5/c1-8-4-5-11(7-14)6-12(8)18-10(3)13(9(2)15)16-17-18/h4-6,9H,15H2,1-3H3. The van der Waals surface area contributed by atoms with Crippen molar-refractivity contribution in [1.82, 2.24) is 15.0 Å². The molecular formula is C13H15N5. The minimum Gasteiger partial charge on any atom is -0.323 e. The van der Waals surface area contributed by atoms with Crippen molar-refractivity contribution in [2.24, 2.45) is 5.73 Å². The van der Waals surface area contributed by atoms with Crippen LogP contribution in [0, 0.1) is 25.2 Å². The molecule has 2 rings (SSSR count). The van der Waals surface area contributed by atoms with Crippen molar-refractivity contribution in [3.8, 4) is 11.8 Å². The van der Waals surface area contributed by atoms with Gasteiger partial charge in [-0.25, -0.2) is 4.68 Å². The predicted octanol–water partition coefficient (Wildman–Crippen LogP) is 1.78. The van der Waals surface area contributed by atoms with Gasteiger partial charge in [0.05, 0.1) is 23.0 Å². The van der Waals surface area contributed by atoms with E-state index in [1.54, 1.807) is 10.7 Å². The van der Waals surface area contributed by atoms with Crippen molar-refractivity contribution in [3.05, 3.63) is 40.7 Å². The van der Waals surface area contributed by atoms with E-state index >= 15 is 0 Å². The molecule has 0 saturated heterocycles. The highest BCUT2D eigenvalue weighted by Gasteiger charge is 2.14. The number of nitrogens with two attached hydrogens (primary N) is 1. The van der Waals surface area contributed by atoms with Gasteiger partial charge in [-0.3, -0.25) is 0 Å². The zero-order chi connectivity index (χ0) is 13.3. The molecule has 1 atom stereocenters. The highest BCUT2D eigenvalue weighted by molar-refractivity contribution is 5.47. The summed E-state index contributed by atoms with van der Waals surface area (Å²) < 4.78 is 1.73. The van der Waals surface area contributed by atoms with Crippen LogP contribution in [0.5, 0.6) is 0 Å². The van der Waals surface area contributed by atoms with Crippen LogP contribution in [0.1, 0.15) is 35.5 Å². The average Bonchev–Trinajstić information content (AvgIpc) is 2.72. The van der Waals surface area contributed by atoms with Crippen molar-refractivity contribution >= 4 is 0 Å². The monoisotopic (exact) mass is 241 g/mol. The summed E-state index contributed by atoms with van der Waals surface area (Å²) in [6, 6.07) is 7.47. The molecule has 0 radical (unpaired) electrons. The van der Waals surface area contributed by atoms with E-state index in [9.17, 15) is 0 Å². The van der Waals surface area contributed by atoms with E-state index in [1.807, 2.05) is 32.9 Å². The van der Waals surface area contributed by atoms with E-state index in [0.29, 0.717) is 5.56 Å². The Morgan fingerprint density at radius 1 is 1.39 bits per heavy atom. The summed E-state index contributed by atoms with van der Waals surface area (Å²) in [6.07, 6.45) is 0. The molecular weight excluding hydrogens is 226 g/mol. The summed E-state index contributed by atoms with van der Waals surface area (Å²) in [6.45, 7) is 5.78. The average molecular weight is 241 g/mol. The van der Waals surface area contributed by atoms with Gasteiger partial charge in [0.25, 0.3) is 0 Å². The van der Waals surface area contributed by atoms with Crippen LogP contribution in [0.4, 0.5) is 0 Å². The van der Waals surface area contributed by atoms with Gasteiger partial charge in [0.2, 0.25) is 0 Å². The smallest absolute Gasteiger partial charge is 0.102 e. The minimum atomic E-state index is -0.154. The van der Waals surface area contributed by atoms with Crippen molar-refractivity contribution in [2.45, 2.75) is 26.8 Å². The second-order valence-electron chi connectivity index (χ2n) is 4.37. The SMILES string of the molecule is Cc1ccc(C#N)cc1-n1nnc(C(C)N)c1C. The van der Waals surface area contributed by atoms with Crippen LogP contribution in [0.2, 0.25) is 0 Å². The molecule has 0 fully saturated rings. The first-order chi connectivity index (χ1) is 8.54. The Balaban J connectivity index is 2.59. The number of benzene rings is 1. The van der Waals surface area contributed by atoms with Crippen LogP contribution in [0.25, 0.3) is 5.69 Å². The Hall–Kier alpha value is -2.19. The Morgan fingerprint density at radius 3 is 2.67 bits per heavy atom. The van der Waals surface area contributed by atoms with E-state index in [-0.39, 0.29) is 6.04 Å². The lowest BCUT2D eigenvalue weighted by atomic mass is 10.1. The number of rotatable bonds is 2. The number of nitriles is 1. The minimum absolute atomic E-state index is 0.154. The van der Waals surface area contributed by atoms with E-state index in [4.69, 9.17) is 11.0 Å². The fourth-order valence-electron chi connectivity index (χ4n) is 1.90. The summed E-state index contributed by atoms with van der Waals surface area (Å²) in [5, 5.41) is 17.2. The van der Waals surface area contributed by atoms with Gasteiger partial charge in [-0.2, -0.15) is 5.26 Å². The molecule has 0 aliphatic carbocycles. The Kier molecular flexibility index (Phi) is 3.13. The second kappa shape index (κ2) is 4.59. The normalized spacial score (nSPS) is 12.2. The maximum Gasteiger partial charge on any atom is 0.102 e. The summed E-state index contributed by atoms with van der Waals surface area (Å²) in [5.41, 5.74) is 10.0. The maximum absolute atomic E-state index is 8.95. The van der Waals surface area contributed by atoms with Crippen molar-refractivity contribution < 1.29 is 0 Å². The quantitative estimate of drug-likeness (QED) is 0.868. The molecule has 5 nitrogen and oxygen atoms in total. The van der Waals surface area contributed by atoms with Crippen LogP contribution < -0.4 is 5.73 Å². The molecule has 0 amide bonds. The topological polar surface area (TPSA) is 80.5 Å². The van der Waals surface area contributed by atoms with E-state index in [2.05, 4.69) is 16.4 Å². The molecule has 1 heterocycles. The van der Waals surface area contributed by atoms with Crippen LogP contribution >= 0.6 is 0 Å². The van der Waals surface area contributed by atoms with Gasteiger partial charge in [-0.1, -0.05) is 11.3 Å². The van der Waals surface area contributed by atoms with Crippen molar-refractivity contribution in [2.75, 3.05) is 0 Å². The number of hydrogen-bond donors (Lipinski definition) is 1. The highest BCUT2D eigenvalue weighted by Crippen LogP contribution is 2.20. The predicted molar refractivity (Wildman–Crippen MR) is 68.2 cm³/mol. The summed E-state index contributed by atoms with van der Waals surface area (Å²) in [4.78, 5) is 0. The van der Waals surface area contributed by atoms with E-state index in [0.717, 1.165) is 22.6 Å². The molecule has 0 aliphatic rings. The highest BCUT2D eigenvalue weighted by atomic mass is 15.4. The van der Waals surface area contributed by atoms with Gasteiger partial charge in [0.15, 0.2) is 0 Å². The van der Waals surface area contributed by atoms with Gasteiger partial charge < -0.3 is 5.73 Å². The number of hydrogen-bond acceptors (Lipinski definition) is 4. The fraction of sp³-hybridized carbons (Fsp3) is 0.308. The first-order valence-corrected chi connectivity index (χ1v) is 5.73. The Labute approximate surface area is 106 Å². The number of nitrogens with zero attached hydrogens (tertiary/aromatic N) is 4. The third-order valence-electron chi connectivity index (χ3n) is 2.93. The zero-order valence-electron chi connectivity index (χ0n) is 10.7. The molecule has 5 heteroatoms. The first-order valence-electron chi connectivity index (χ1n) is 5.73.